The summed E-state index contributed by atoms with van der Waals surface area (Å²) in [5.41, 5.74) is 5.88. The Morgan fingerprint density at radius 1 is 1.45 bits per heavy atom. The molecule has 1 aliphatic heterocycles. The van der Waals surface area contributed by atoms with Crippen molar-refractivity contribution in [2.24, 2.45) is 5.73 Å². The predicted octanol–water partition coefficient (Wildman–Crippen LogP) is 1.55. The van der Waals surface area contributed by atoms with E-state index in [0.29, 0.717) is 11.6 Å². The topological polar surface area (TPSA) is 58.7 Å². The molecule has 0 radical (unpaired) electrons. The van der Waals surface area contributed by atoms with Gasteiger partial charge in [0.1, 0.15) is 10.7 Å². The van der Waals surface area contributed by atoms with E-state index in [1.807, 2.05) is 31.2 Å². The van der Waals surface area contributed by atoms with Gasteiger partial charge in [0.05, 0.1) is 12.2 Å². The van der Waals surface area contributed by atoms with Gasteiger partial charge in [0.2, 0.25) is 0 Å². The summed E-state index contributed by atoms with van der Waals surface area (Å²) in [5.74, 6) is 0.832. The van der Waals surface area contributed by atoms with Crippen molar-refractivity contribution in [3.63, 3.8) is 0 Å². The van der Waals surface area contributed by atoms with Gasteiger partial charge in [-0.25, -0.2) is 0 Å². The maximum Gasteiger partial charge on any atom is 0.119 e. The lowest BCUT2D eigenvalue weighted by Gasteiger charge is -2.18. The Morgan fingerprint density at radius 3 is 2.70 bits per heavy atom. The molecule has 1 aromatic carbocycles. The quantitative estimate of drug-likeness (QED) is 0.616. The lowest BCUT2D eigenvalue weighted by molar-refractivity contribution is 0.0681. The molecule has 20 heavy (non-hydrogen) atoms. The number of nitrogens with zero attached hydrogens (tertiary/aromatic N) is 1. The summed E-state index contributed by atoms with van der Waals surface area (Å²) in [7, 11) is 0. The third kappa shape index (κ3) is 4.44. The van der Waals surface area contributed by atoms with Gasteiger partial charge in [-0.1, -0.05) is 12.2 Å². The van der Waals surface area contributed by atoms with Crippen molar-refractivity contribution in [3.05, 3.63) is 29.8 Å². The molecule has 2 rings (SSSR count). The fraction of sp³-hybridized carbons (Fsp3) is 0.533. The summed E-state index contributed by atoms with van der Waals surface area (Å²) in [6, 6.07) is 7.51. The molecule has 1 aromatic rings. The van der Waals surface area contributed by atoms with E-state index < -0.39 is 5.60 Å². The molecule has 1 aliphatic rings. The summed E-state index contributed by atoms with van der Waals surface area (Å²) < 4.78 is 5.68. The van der Waals surface area contributed by atoms with Crippen molar-refractivity contribution < 1.29 is 9.84 Å². The van der Waals surface area contributed by atoms with E-state index >= 15 is 0 Å². The Hall–Kier alpha value is -1.17. The first-order valence-corrected chi connectivity index (χ1v) is 7.34. The predicted molar refractivity (Wildman–Crippen MR) is 84.1 cm³/mol. The number of aliphatic hydroxyl groups is 1. The van der Waals surface area contributed by atoms with Crippen LogP contribution in [-0.4, -0.2) is 46.8 Å². The summed E-state index contributed by atoms with van der Waals surface area (Å²) in [6.45, 7) is 5.25. The molecule has 0 aromatic heterocycles. The average molecular weight is 294 g/mol. The maximum absolute atomic E-state index is 9.88. The molecule has 0 spiro atoms. The van der Waals surface area contributed by atoms with Crippen molar-refractivity contribution in [2.75, 3.05) is 26.2 Å². The Morgan fingerprint density at radius 2 is 2.15 bits per heavy atom. The van der Waals surface area contributed by atoms with E-state index in [1.54, 1.807) is 0 Å². The fourth-order valence-electron chi connectivity index (χ4n) is 2.42. The number of thiocarbonyl (C=S) groups is 1. The summed E-state index contributed by atoms with van der Waals surface area (Å²) >= 11 is 4.90. The molecule has 5 heteroatoms. The van der Waals surface area contributed by atoms with Gasteiger partial charge in [0, 0.05) is 25.2 Å². The number of hydrogen-bond donors (Lipinski definition) is 2. The van der Waals surface area contributed by atoms with Crippen molar-refractivity contribution >= 4 is 17.2 Å². The number of β-amino-alcohol motifs (C(OH)–C–C–N with tert-alkyl or cyclic N) is 1. The molecule has 0 aliphatic carbocycles. The smallest absolute Gasteiger partial charge is 0.119 e. The first-order chi connectivity index (χ1) is 9.46. The van der Waals surface area contributed by atoms with E-state index in [1.165, 1.54) is 0 Å². The molecule has 4 nitrogen and oxygen atoms in total. The number of nitrogens with two attached hydrogens (primary N) is 1. The minimum absolute atomic E-state index is 0.401. The molecule has 0 saturated carbocycles. The van der Waals surface area contributed by atoms with Gasteiger partial charge in [-0.15, -0.1) is 0 Å². The highest BCUT2D eigenvalue weighted by Gasteiger charge is 2.30. The van der Waals surface area contributed by atoms with Crippen molar-refractivity contribution in [1.29, 1.82) is 0 Å². The van der Waals surface area contributed by atoms with Crippen LogP contribution in [0.2, 0.25) is 0 Å². The molecule has 3 N–H and O–H groups in total. The highest BCUT2D eigenvalue weighted by Crippen LogP contribution is 2.20. The van der Waals surface area contributed by atoms with Crippen LogP contribution >= 0.6 is 12.2 Å². The summed E-state index contributed by atoms with van der Waals surface area (Å²) in [5, 5.41) is 9.88. The zero-order valence-electron chi connectivity index (χ0n) is 11.8. The monoisotopic (exact) mass is 294 g/mol. The minimum atomic E-state index is -0.517. The molecular weight excluding hydrogens is 272 g/mol. The van der Waals surface area contributed by atoms with E-state index in [4.69, 9.17) is 22.7 Å². The Balaban J connectivity index is 1.67. The average Bonchev–Trinajstić information content (AvgIpc) is 2.75. The maximum atomic E-state index is 9.88. The molecule has 1 atom stereocenters. The van der Waals surface area contributed by atoms with Crippen LogP contribution < -0.4 is 10.5 Å². The van der Waals surface area contributed by atoms with E-state index in [-0.39, 0.29) is 0 Å². The number of rotatable bonds is 6. The van der Waals surface area contributed by atoms with Crippen LogP contribution in [0, 0.1) is 0 Å². The van der Waals surface area contributed by atoms with E-state index in [9.17, 15) is 5.11 Å². The highest BCUT2D eigenvalue weighted by atomic mass is 32.1. The Labute approximate surface area is 125 Å². The van der Waals surface area contributed by atoms with Gasteiger partial charge in [-0.05, 0) is 44.0 Å². The number of ether oxygens (including phenoxy) is 1. The van der Waals surface area contributed by atoms with Gasteiger partial charge in [0.25, 0.3) is 0 Å². The zero-order valence-corrected chi connectivity index (χ0v) is 12.7. The molecule has 110 valence electrons. The van der Waals surface area contributed by atoms with Crippen molar-refractivity contribution in [3.8, 4) is 5.75 Å². The van der Waals surface area contributed by atoms with Gasteiger partial charge >= 0.3 is 0 Å². The SMILES string of the molecule is CC1(O)CCN(CCCOc2ccc(C(N)=S)cc2)C1. The molecule has 0 bridgehead atoms. The second-order valence-electron chi connectivity index (χ2n) is 5.61. The van der Waals surface area contributed by atoms with Gasteiger partial charge in [-0.3, -0.25) is 0 Å². The molecular formula is C15H22N2O2S. The number of likely N-dealkylation sites (tertiary alicyclic amines) is 1. The minimum Gasteiger partial charge on any atom is -0.494 e. The van der Waals surface area contributed by atoms with Crippen LogP contribution in [-0.2, 0) is 0 Å². The molecule has 1 saturated heterocycles. The van der Waals surface area contributed by atoms with Gasteiger partial charge in [0.15, 0.2) is 0 Å². The van der Waals surface area contributed by atoms with Crippen LogP contribution in [0.4, 0.5) is 0 Å². The second kappa shape index (κ2) is 6.52. The lowest BCUT2D eigenvalue weighted by Crippen LogP contribution is -2.30. The second-order valence-corrected chi connectivity index (χ2v) is 6.05. The molecule has 1 fully saturated rings. The molecule has 1 heterocycles. The largest absolute Gasteiger partial charge is 0.494 e. The third-order valence-corrected chi connectivity index (χ3v) is 3.79. The number of hydrogen-bond acceptors (Lipinski definition) is 4. The Kier molecular flexibility index (Phi) is 4.96. The first kappa shape index (κ1) is 15.2. The van der Waals surface area contributed by atoms with Crippen LogP contribution in [0.5, 0.6) is 5.75 Å². The third-order valence-electron chi connectivity index (χ3n) is 3.56. The molecule has 0 amide bonds. The summed E-state index contributed by atoms with van der Waals surface area (Å²) in [4.78, 5) is 2.68. The van der Waals surface area contributed by atoms with E-state index in [0.717, 1.165) is 43.8 Å². The number of benzene rings is 1. The zero-order chi connectivity index (χ0) is 14.6. The lowest BCUT2D eigenvalue weighted by atomic mass is 10.1. The van der Waals surface area contributed by atoms with Crippen LogP contribution in [0.15, 0.2) is 24.3 Å². The fourth-order valence-corrected chi connectivity index (χ4v) is 2.56. The van der Waals surface area contributed by atoms with E-state index in [2.05, 4.69) is 4.90 Å². The van der Waals surface area contributed by atoms with Gasteiger partial charge in [-0.2, -0.15) is 0 Å². The van der Waals surface area contributed by atoms with Crippen molar-refractivity contribution in [2.45, 2.75) is 25.4 Å². The normalized spacial score (nSPS) is 22.9. The first-order valence-electron chi connectivity index (χ1n) is 6.94. The Bertz CT molecular complexity index is 459. The van der Waals surface area contributed by atoms with Crippen LogP contribution in [0.3, 0.4) is 0 Å². The van der Waals surface area contributed by atoms with Crippen LogP contribution in [0.1, 0.15) is 25.3 Å². The highest BCUT2D eigenvalue weighted by molar-refractivity contribution is 7.80. The molecule has 1 unspecified atom stereocenters. The van der Waals surface area contributed by atoms with Gasteiger partial charge < -0.3 is 20.5 Å². The summed E-state index contributed by atoms with van der Waals surface area (Å²) in [6.07, 6.45) is 1.81. The van der Waals surface area contributed by atoms with Crippen molar-refractivity contribution in [1.82, 2.24) is 4.90 Å². The standard InChI is InChI=1S/C15H22N2O2S/c1-15(18)7-9-17(11-15)8-2-10-19-13-5-3-12(4-6-13)14(16)20/h3-6,18H,2,7-11H2,1H3,(H2,16,20). The van der Waals surface area contributed by atoms with Crippen LogP contribution in [0.25, 0.3) is 0 Å².